The highest BCUT2D eigenvalue weighted by Crippen LogP contribution is 2.46. The molecule has 0 fully saturated rings. The lowest BCUT2D eigenvalue weighted by Crippen LogP contribution is -2.59. The number of hydrogen-bond donors (Lipinski definition) is 0. The van der Waals surface area contributed by atoms with Crippen LogP contribution >= 0.6 is 0 Å². The number of hydrogen-bond acceptors (Lipinski definition) is 0. The van der Waals surface area contributed by atoms with E-state index >= 15 is 0 Å². The number of nitrogens with zero attached hydrogens (tertiary/aromatic N) is 2. The summed E-state index contributed by atoms with van der Waals surface area (Å²) >= 11 is 0. The molecule has 0 saturated heterocycles. The molecule has 4 heterocycles. The van der Waals surface area contributed by atoms with Crippen molar-refractivity contribution in [1.82, 2.24) is 9.13 Å². The Balaban J connectivity index is 1.12. The molecule has 3 heteroatoms. The first-order valence-electron chi connectivity index (χ1n) is 23.9. The average molecular weight is 859 g/mol. The van der Waals surface area contributed by atoms with E-state index in [-0.39, 0.29) is 6.71 Å². The number of rotatable bonds is 3. The highest BCUT2D eigenvalue weighted by atomic mass is 15.0. The Morgan fingerprint density at radius 2 is 0.926 bits per heavy atom. The molecule has 0 bridgehead atoms. The van der Waals surface area contributed by atoms with Gasteiger partial charge in [0.25, 0.3) is 6.71 Å². The Labute approximate surface area is 392 Å². The van der Waals surface area contributed by atoms with Gasteiger partial charge in [0.1, 0.15) is 0 Å². The highest BCUT2D eigenvalue weighted by molar-refractivity contribution is 7.00. The van der Waals surface area contributed by atoms with Crippen LogP contribution in [-0.2, 0) is 0 Å². The molecule has 2 aliphatic rings. The van der Waals surface area contributed by atoms with E-state index in [9.17, 15) is 0 Å². The molecule has 312 valence electrons. The zero-order valence-corrected chi connectivity index (χ0v) is 37.3. The first kappa shape index (κ1) is 36.5. The molecule has 0 aliphatic carbocycles. The van der Waals surface area contributed by atoms with Gasteiger partial charge in [0, 0.05) is 38.4 Å². The first-order valence-corrected chi connectivity index (χ1v) is 23.9. The highest BCUT2D eigenvalue weighted by Gasteiger charge is 2.42. The molecule has 68 heavy (non-hydrogen) atoms. The minimum absolute atomic E-state index is 0.0344. The van der Waals surface area contributed by atoms with Crippen molar-refractivity contribution in [3.05, 3.63) is 224 Å². The third-order valence-corrected chi connectivity index (χ3v) is 15.6. The predicted octanol–water partition coefficient (Wildman–Crippen LogP) is 14.9. The summed E-state index contributed by atoms with van der Waals surface area (Å²) in [5, 5.41) is 15.4. The summed E-state index contributed by atoms with van der Waals surface area (Å²) in [6.45, 7) is 2.20. The normalized spacial score (nSPS) is 12.8. The zero-order chi connectivity index (χ0) is 44.4. The smallest absolute Gasteiger partial charge is 0.252 e. The molecule has 14 aromatic rings. The van der Waals surface area contributed by atoms with Crippen LogP contribution in [0.15, 0.2) is 218 Å². The maximum atomic E-state index is 2.65. The van der Waals surface area contributed by atoms with E-state index in [2.05, 4.69) is 234 Å². The molecular weight excluding hydrogens is 820 g/mol. The molecule has 2 aliphatic heterocycles. The van der Waals surface area contributed by atoms with Crippen molar-refractivity contribution in [2.75, 3.05) is 0 Å². The second-order valence-electron chi connectivity index (χ2n) is 19.2. The van der Waals surface area contributed by atoms with Crippen LogP contribution < -0.4 is 16.4 Å². The van der Waals surface area contributed by atoms with Crippen molar-refractivity contribution < 1.29 is 0 Å². The first-order chi connectivity index (χ1) is 33.6. The van der Waals surface area contributed by atoms with Crippen LogP contribution in [0.25, 0.3) is 131 Å². The molecule has 0 amide bonds. The van der Waals surface area contributed by atoms with Gasteiger partial charge in [0.15, 0.2) is 0 Å². The fraction of sp³-hybridized carbons (Fsp3) is 0.0154. The lowest BCUT2D eigenvalue weighted by Gasteiger charge is -2.35. The van der Waals surface area contributed by atoms with Crippen molar-refractivity contribution in [3.63, 3.8) is 0 Å². The Morgan fingerprint density at radius 1 is 0.324 bits per heavy atom. The van der Waals surface area contributed by atoms with Crippen molar-refractivity contribution in [2.24, 2.45) is 0 Å². The molecule has 2 aromatic heterocycles. The van der Waals surface area contributed by atoms with Gasteiger partial charge in [-0.05, 0) is 142 Å². The lowest BCUT2D eigenvalue weighted by molar-refractivity contribution is 1.14. The van der Waals surface area contributed by atoms with Crippen molar-refractivity contribution >= 4 is 110 Å². The number of aromatic nitrogens is 2. The van der Waals surface area contributed by atoms with Gasteiger partial charge in [0.05, 0.1) is 16.6 Å². The van der Waals surface area contributed by atoms with Gasteiger partial charge in [0.2, 0.25) is 0 Å². The topological polar surface area (TPSA) is 9.86 Å². The predicted molar refractivity (Wildman–Crippen MR) is 291 cm³/mol. The standard InChI is InChI=1S/C65H39BN2/c1-38-25-29-52-58(31-38)68-60-37-45(39-13-3-2-4-14-39)36-59-63(60)66(56-34-44-27-26-42-17-7-10-22-51(42)61(44)62(52)65(56)68)55-35-46(50-24-12-19-41-16-6-9-21-48(41)50)33-54-53-32-43(28-30-57(53)67(59)64(54)55)49-23-11-18-40-15-5-8-20-47(40)49/h2-37H,1H3. The van der Waals surface area contributed by atoms with E-state index < -0.39 is 0 Å². The summed E-state index contributed by atoms with van der Waals surface area (Å²) in [4.78, 5) is 0. The van der Waals surface area contributed by atoms with Crippen LogP contribution in [0, 0.1) is 6.92 Å². The van der Waals surface area contributed by atoms with Crippen molar-refractivity contribution in [3.8, 4) is 44.8 Å². The maximum absolute atomic E-state index is 2.65. The summed E-state index contributed by atoms with van der Waals surface area (Å²) in [7, 11) is 0. The van der Waals surface area contributed by atoms with Crippen molar-refractivity contribution in [2.45, 2.75) is 6.92 Å². The van der Waals surface area contributed by atoms with E-state index in [4.69, 9.17) is 0 Å². The fourth-order valence-electron chi connectivity index (χ4n) is 12.8. The van der Waals surface area contributed by atoms with Crippen LogP contribution in [0.4, 0.5) is 0 Å². The maximum Gasteiger partial charge on any atom is 0.252 e. The Morgan fingerprint density at radius 3 is 1.68 bits per heavy atom. The van der Waals surface area contributed by atoms with Crippen LogP contribution in [0.2, 0.25) is 0 Å². The minimum atomic E-state index is -0.0344. The van der Waals surface area contributed by atoms with Gasteiger partial charge >= 0.3 is 0 Å². The SMILES string of the molecule is Cc1ccc2c3c4c(ccc5ccccc54)cc4c3n(c2c1)-c1cc(-c2ccccc2)cc2c1B4c1cc(-c3cccc4ccccc34)cc3c4cc(-c5cccc6ccccc56)ccc4n-2c13. The second kappa shape index (κ2) is 13.2. The summed E-state index contributed by atoms with van der Waals surface area (Å²) in [6, 6.07) is 82.8. The quantitative estimate of drug-likeness (QED) is 0.124. The number of fused-ring (bicyclic) bond motifs is 16. The average Bonchev–Trinajstić information content (AvgIpc) is 3.91. The van der Waals surface area contributed by atoms with Gasteiger partial charge in [-0.2, -0.15) is 0 Å². The molecule has 0 atom stereocenters. The van der Waals surface area contributed by atoms with Gasteiger partial charge in [-0.15, -0.1) is 0 Å². The molecule has 0 spiro atoms. The zero-order valence-electron chi connectivity index (χ0n) is 37.3. The molecule has 16 rings (SSSR count). The molecule has 0 radical (unpaired) electrons. The molecule has 0 N–H and O–H groups in total. The van der Waals surface area contributed by atoms with E-state index in [1.807, 2.05) is 0 Å². The van der Waals surface area contributed by atoms with Crippen molar-refractivity contribution in [1.29, 1.82) is 0 Å². The molecular formula is C65H39BN2. The number of benzene rings is 12. The Hall–Kier alpha value is -8.66. The van der Waals surface area contributed by atoms with Crippen LogP contribution in [0.1, 0.15) is 5.56 Å². The largest absolute Gasteiger partial charge is 0.310 e. The Bertz CT molecular complexity index is 4560. The van der Waals surface area contributed by atoms with E-state index in [0.717, 1.165) is 0 Å². The molecule has 0 saturated carbocycles. The van der Waals surface area contributed by atoms with E-state index in [1.54, 1.807) is 0 Å². The summed E-state index contributed by atoms with van der Waals surface area (Å²) in [6.07, 6.45) is 0. The van der Waals surface area contributed by atoms with E-state index in [1.165, 1.54) is 153 Å². The molecule has 2 nitrogen and oxygen atoms in total. The monoisotopic (exact) mass is 858 g/mol. The summed E-state index contributed by atoms with van der Waals surface area (Å²) < 4.78 is 5.28. The molecule has 12 aromatic carbocycles. The minimum Gasteiger partial charge on any atom is -0.310 e. The Kier molecular flexibility index (Phi) is 7.12. The van der Waals surface area contributed by atoms with E-state index in [0.29, 0.717) is 0 Å². The summed E-state index contributed by atoms with van der Waals surface area (Å²) in [5.41, 5.74) is 20.3. The molecule has 0 unspecified atom stereocenters. The van der Waals surface area contributed by atoms with Crippen LogP contribution in [0.3, 0.4) is 0 Å². The second-order valence-corrected chi connectivity index (χ2v) is 19.2. The third kappa shape index (κ3) is 4.77. The summed E-state index contributed by atoms with van der Waals surface area (Å²) in [5.74, 6) is 0. The number of aryl methyl sites for hydroxylation is 1. The van der Waals surface area contributed by atoms with Crippen LogP contribution in [0.5, 0.6) is 0 Å². The lowest BCUT2D eigenvalue weighted by atomic mass is 9.34. The fourth-order valence-corrected chi connectivity index (χ4v) is 12.8. The third-order valence-electron chi connectivity index (χ3n) is 15.6. The van der Waals surface area contributed by atoms with Gasteiger partial charge < -0.3 is 9.13 Å². The van der Waals surface area contributed by atoms with Crippen LogP contribution in [-0.4, -0.2) is 15.8 Å². The van der Waals surface area contributed by atoms with Gasteiger partial charge in [-0.3, -0.25) is 0 Å². The van der Waals surface area contributed by atoms with Gasteiger partial charge in [-0.1, -0.05) is 182 Å². The van der Waals surface area contributed by atoms with Gasteiger partial charge in [-0.25, -0.2) is 0 Å².